The van der Waals surface area contributed by atoms with E-state index in [0.29, 0.717) is 18.5 Å². The third kappa shape index (κ3) is 2.19. The van der Waals surface area contributed by atoms with Gasteiger partial charge >= 0.3 is 0 Å². The molecule has 0 aliphatic heterocycles. The van der Waals surface area contributed by atoms with E-state index in [1.165, 1.54) is 12.8 Å². The minimum atomic E-state index is 0.381. The Hall–Kier alpha value is -0.610. The second kappa shape index (κ2) is 3.64. The monoisotopic (exact) mass is 197 g/mol. The number of rotatable bonds is 4. The number of thiazole rings is 1. The number of nitrogens with two attached hydrogens (primary N) is 1. The van der Waals surface area contributed by atoms with Crippen LogP contribution in [0.4, 0.5) is 5.13 Å². The van der Waals surface area contributed by atoms with Crippen molar-refractivity contribution in [3.8, 4) is 0 Å². The molecule has 0 amide bonds. The highest BCUT2D eigenvalue weighted by Crippen LogP contribution is 2.28. The van der Waals surface area contributed by atoms with Gasteiger partial charge in [-0.05, 0) is 12.8 Å². The maximum Gasteiger partial charge on any atom is 0.183 e. The van der Waals surface area contributed by atoms with E-state index in [1.807, 2.05) is 0 Å². The van der Waals surface area contributed by atoms with Crippen LogP contribution in [0.25, 0.3) is 0 Å². The Morgan fingerprint density at radius 1 is 1.77 bits per heavy atom. The van der Waals surface area contributed by atoms with Gasteiger partial charge in [0.05, 0.1) is 5.69 Å². The van der Waals surface area contributed by atoms with E-state index in [-0.39, 0.29) is 0 Å². The molecule has 0 bridgehead atoms. The molecule has 1 heterocycles. The van der Waals surface area contributed by atoms with Crippen LogP contribution in [0, 0.1) is 0 Å². The molecule has 0 spiro atoms. The third-order valence-corrected chi connectivity index (χ3v) is 3.08. The SMILES string of the molecule is CC(CN)c1csc(NC2CC2)n1. The van der Waals surface area contributed by atoms with Gasteiger partial charge in [-0.15, -0.1) is 11.3 Å². The standard InChI is InChI=1S/C9H15N3S/c1-6(4-10)8-5-13-9(12-8)11-7-2-3-7/h5-7H,2-4,10H2,1H3,(H,11,12). The molecule has 1 fully saturated rings. The molecule has 3 nitrogen and oxygen atoms in total. The molecule has 0 saturated heterocycles. The number of nitrogens with zero attached hydrogens (tertiary/aromatic N) is 1. The van der Waals surface area contributed by atoms with Crippen molar-refractivity contribution < 1.29 is 0 Å². The van der Waals surface area contributed by atoms with Crippen LogP contribution in [-0.4, -0.2) is 17.6 Å². The highest BCUT2D eigenvalue weighted by molar-refractivity contribution is 7.13. The summed E-state index contributed by atoms with van der Waals surface area (Å²) in [5, 5.41) is 6.53. The maximum absolute atomic E-state index is 5.57. The van der Waals surface area contributed by atoms with Crippen LogP contribution in [0.15, 0.2) is 5.38 Å². The van der Waals surface area contributed by atoms with Crippen molar-refractivity contribution in [2.24, 2.45) is 5.73 Å². The molecule has 72 valence electrons. The van der Waals surface area contributed by atoms with Crippen molar-refractivity contribution >= 4 is 16.5 Å². The van der Waals surface area contributed by atoms with E-state index in [4.69, 9.17) is 5.73 Å². The maximum atomic E-state index is 5.57. The summed E-state index contributed by atoms with van der Waals surface area (Å²) in [7, 11) is 0. The van der Waals surface area contributed by atoms with Gasteiger partial charge in [-0.1, -0.05) is 6.92 Å². The molecule has 1 aliphatic carbocycles. The molecule has 1 unspecified atom stereocenters. The summed E-state index contributed by atoms with van der Waals surface area (Å²) < 4.78 is 0. The van der Waals surface area contributed by atoms with Gasteiger partial charge in [-0.2, -0.15) is 0 Å². The predicted molar refractivity (Wildman–Crippen MR) is 56.2 cm³/mol. The molecule has 13 heavy (non-hydrogen) atoms. The van der Waals surface area contributed by atoms with E-state index in [9.17, 15) is 0 Å². The van der Waals surface area contributed by atoms with Crippen LogP contribution in [0.2, 0.25) is 0 Å². The summed E-state index contributed by atoms with van der Waals surface area (Å²) in [5.74, 6) is 0.381. The fourth-order valence-corrected chi connectivity index (χ4v) is 2.01. The van der Waals surface area contributed by atoms with Gasteiger partial charge in [0.15, 0.2) is 5.13 Å². The molecule has 1 atom stereocenters. The van der Waals surface area contributed by atoms with E-state index < -0.39 is 0 Å². The molecule has 0 aromatic carbocycles. The zero-order chi connectivity index (χ0) is 9.26. The number of hydrogen-bond acceptors (Lipinski definition) is 4. The van der Waals surface area contributed by atoms with E-state index in [2.05, 4.69) is 22.6 Å². The summed E-state index contributed by atoms with van der Waals surface area (Å²) in [4.78, 5) is 4.49. The van der Waals surface area contributed by atoms with Crippen molar-refractivity contribution in [3.05, 3.63) is 11.1 Å². The second-order valence-corrected chi connectivity index (χ2v) is 4.49. The molecule has 1 saturated carbocycles. The Balaban J connectivity index is 1.99. The molecule has 0 radical (unpaired) electrons. The van der Waals surface area contributed by atoms with Gasteiger partial charge < -0.3 is 11.1 Å². The lowest BCUT2D eigenvalue weighted by Crippen LogP contribution is -2.09. The molecule has 2 rings (SSSR count). The first kappa shape index (κ1) is 8.97. The van der Waals surface area contributed by atoms with Gasteiger partial charge in [0.1, 0.15) is 0 Å². The molecular weight excluding hydrogens is 182 g/mol. The van der Waals surface area contributed by atoms with Crippen LogP contribution in [-0.2, 0) is 0 Å². The quantitative estimate of drug-likeness (QED) is 0.773. The zero-order valence-electron chi connectivity index (χ0n) is 7.79. The Labute approximate surface area is 82.4 Å². The number of anilines is 1. The summed E-state index contributed by atoms with van der Waals surface area (Å²) in [6.07, 6.45) is 2.59. The van der Waals surface area contributed by atoms with Crippen LogP contribution < -0.4 is 11.1 Å². The number of hydrogen-bond donors (Lipinski definition) is 2. The Morgan fingerprint density at radius 2 is 2.54 bits per heavy atom. The smallest absolute Gasteiger partial charge is 0.183 e. The summed E-state index contributed by atoms with van der Waals surface area (Å²) in [6, 6.07) is 0.687. The first-order valence-corrected chi connectivity index (χ1v) is 5.59. The minimum Gasteiger partial charge on any atom is -0.359 e. The fourth-order valence-electron chi connectivity index (χ4n) is 1.10. The lowest BCUT2D eigenvalue weighted by molar-refractivity contribution is 0.752. The zero-order valence-corrected chi connectivity index (χ0v) is 8.60. The normalized spacial score (nSPS) is 18.6. The van der Waals surface area contributed by atoms with Gasteiger partial charge in [0.2, 0.25) is 0 Å². The van der Waals surface area contributed by atoms with Crippen LogP contribution in [0.5, 0.6) is 0 Å². The molecule has 3 N–H and O–H groups in total. The van der Waals surface area contributed by atoms with Gasteiger partial charge in [-0.3, -0.25) is 0 Å². The first-order valence-electron chi connectivity index (χ1n) is 4.71. The average Bonchev–Trinajstić information content (AvgIpc) is 2.81. The Bertz CT molecular complexity index is 280. The minimum absolute atomic E-state index is 0.381. The van der Waals surface area contributed by atoms with Gasteiger partial charge in [-0.25, -0.2) is 4.98 Å². The number of aromatic nitrogens is 1. The highest BCUT2D eigenvalue weighted by Gasteiger charge is 2.22. The molecule has 1 aliphatic rings. The van der Waals surface area contributed by atoms with Crippen molar-refractivity contribution in [2.45, 2.75) is 31.7 Å². The van der Waals surface area contributed by atoms with Gasteiger partial charge in [0.25, 0.3) is 0 Å². The number of nitrogens with one attached hydrogen (secondary N) is 1. The van der Waals surface area contributed by atoms with Crippen molar-refractivity contribution in [3.63, 3.8) is 0 Å². The van der Waals surface area contributed by atoms with Crippen molar-refractivity contribution in [2.75, 3.05) is 11.9 Å². The van der Waals surface area contributed by atoms with Gasteiger partial charge in [0, 0.05) is 23.9 Å². The van der Waals surface area contributed by atoms with E-state index in [1.54, 1.807) is 11.3 Å². The molecule has 1 aromatic rings. The molecule has 1 aromatic heterocycles. The Kier molecular flexibility index (Phi) is 2.51. The summed E-state index contributed by atoms with van der Waals surface area (Å²) in [5.41, 5.74) is 6.69. The van der Waals surface area contributed by atoms with Crippen molar-refractivity contribution in [1.29, 1.82) is 0 Å². The van der Waals surface area contributed by atoms with Crippen LogP contribution >= 0.6 is 11.3 Å². The summed E-state index contributed by atoms with van der Waals surface area (Å²) >= 11 is 1.68. The third-order valence-electron chi connectivity index (χ3n) is 2.29. The second-order valence-electron chi connectivity index (χ2n) is 3.63. The Morgan fingerprint density at radius 3 is 3.15 bits per heavy atom. The first-order chi connectivity index (χ1) is 6.29. The molecular formula is C9H15N3S. The van der Waals surface area contributed by atoms with Crippen LogP contribution in [0.3, 0.4) is 0 Å². The predicted octanol–water partition coefficient (Wildman–Crippen LogP) is 1.78. The van der Waals surface area contributed by atoms with E-state index >= 15 is 0 Å². The van der Waals surface area contributed by atoms with Crippen LogP contribution in [0.1, 0.15) is 31.4 Å². The molecule has 4 heteroatoms. The largest absolute Gasteiger partial charge is 0.359 e. The fraction of sp³-hybridized carbons (Fsp3) is 0.667. The lowest BCUT2D eigenvalue weighted by Gasteiger charge is -2.02. The summed E-state index contributed by atoms with van der Waals surface area (Å²) in [6.45, 7) is 2.78. The lowest BCUT2D eigenvalue weighted by atomic mass is 10.1. The topological polar surface area (TPSA) is 50.9 Å². The average molecular weight is 197 g/mol. The van der Waals surface area contributed by atoms with Crippen molar-refractivity contribution in [1.82, 2.24) is 4.98 Å². The highest BCUT2D eigenvalue weighted by atomic mass is 32.1. The van der Waals surface area contributed by atoms with E-state index in [0.717, 1.165) is 10.8 Å².